The van der Waals surface area contributed by atoms with Crippen molar-refractivity contribution in [3.8, 4) is 0 Å². The lowest BCUT2D eigenvalue weighted by atomic mass is 10.1. The van der Waals surface area contributed by atoms with Crippen molar-refractivity contribution in [2.24, 2.45) is 0 Å². The van der Waals surface area contributed by atoms with Crippen LogP contribution in [0.3, 0.4) is 0 Å². The van der Waals surface area contributed by atoms with E-state index in [2.05, 4.69) is 5.32 Å². The molecule has 1 unspecified atom stereocenters. The fourth-order valence-corrected chi connectivity index (χ4v) is 1.05. The van der Waals surface area contributed by atoms with Crippen LogP contribution >= 0.6 is 0 Å². The highest BCUT2D eigenvalue weighted by molar-refractivity contribution is 5.47. The smallest absolute Gasteiger partial charge is 0.126 e. The predicted molar refractivity (Wildman–Crippen MR) is 52.3 cm³/mol. The average Bonchev–Trinajstić information content (AvgIpc) is 2.57. The van der Waals surface area contributed by atoms with Gasteiger partial charge in [0.15, 0.2) is 0 Å². The van der Waals surface area contributed by atoms with E-state index in [1.165, 1.54) is 0 Å². The predicted octanol–water partition coefficient (Wildman–Crippen LogP) is 1.26. The third kappa shape index (κ3) is 3.05. The average molecular weight is 181 g/mol. The Morgan fingerprint density at radius 1 is 1.77 bits per heavy atom. The molecule has 0 aliphatic carbocycles. The van der Waals surface area contributed by atoms with Crippen LogP contribution in [0.5, 0.6) is 0 Å². The molecule has 0 saturated heterocycles. The van der Waals surface area contributed by atoms with Gasteiger partial charge in [0.05, 0.1) is 12.4 Å². The summed E-state index contributed by atoms with van der Waals surface area (Å²) in [5.74, 6) is 0.771. The van der Waals surface area contributed by atoms with Gasteiger partial charge in [0, 0.05) is 6.54 Å². The molecule has 0 bridgehead atoms. The standard InChI is InChI=1S/C10H15NO2/c1-8(10(12)7-11-2)6-9-4-3-5-13-9/h3-6,10-12H,7H2,1-2H3/b8-6+. The van der Waals surface area contributed by atoms with Crippen molar-refractivity contribution in [3.63, 3.8) is 0 Å². The van der Waals surface area contributed by atoms with Crippen molar-refractivity contribution >= 4 is 6.08 Å². The molecule has 3 heteroatoms. The topological polar surface area (TPSA) is 45.4 Å². The van der Waals surface area contributed by atoms with Gasteiger partial charge in [0.1, 0.15) is 5.76 Å². The van der Waals surface area contributed by atoms with Gasteiger partial charge in [0.25, 0.3) is 0 Å². The van der Waals surface area contributed by atoms with Gasteiger partial charge in [-0.05, 0) is 37.8 Å². The maximum absolute atomic E-state index is 9.54. The lowest BCUT2D eigenvalue weighted by molar-refractivity contribution is 0.211. The summed E-state index contributed by atoms with van der Waals surface area (Å²) in [4.78, 5) is 0. The molecule has 72 valence electrons. The minimum absolute atomic E-state index is 0.449. The zero-order chi connectivity index (χ0) is 9.68. The molecule has 1 rings (SSSR count). The van der Waals surface area contributed by atoms with E-state index in [-0.39, 0.29) is 0 Å². The van der Waals surface area contributed by atoms with Gasteiger partial charge in [0.2, 0.25) is 0 Å². The molecule has 2 N–H and O–H groups in total. The highest BCUT2D eigenvalue weighted by atomic mass is 16.3. The molecule has 0 aliphatic rings. The highest BCUT2D eigenvalue weighted by Crippen LogP contribution is 2.09. The summed E-state index contributed by atoms with van der Waals surface area (Å²) in [6, 6.07) is 3.68. The molecule has 0 radical (unpaired) electrons. The van der Waals surface area contributed by atoms with Crippen LogP contribution in [-0.2, 0) is 0 Å². The molecule has 0 aliphatic heterocycles. The fourth-order valence-electron chi connectivity index (χ4n) is 1.05. The Morgan fingerprint density at radius 3 is 3.08 bits per heavy atom. The van der Waals surface area contributed by atoms with Gasteiger partial charge < -0.3 is 14.8 Å². The molecule has 0 saturated carbocycles. The zero-order valence-electron chi connectivity index (χ0n) is 7.95. The quantitative estimate of drug-likeness (QED) is 0.735. The van der Waals surface area contributed by atoms with Gasteiger partial charge in [-0.25, -0.2) is 0 Å². The van der Waals surface area contributed by atoms with Crippen molar-refractivity contribution in [3.05, 3.63) is 29.7 Å². The zero-order valence-corrected chi connectivity index (χ0v) is 7.95. The van der Waals surface area contributed by atoms with E-state index in [9.17, 15) is 5.11 Å². The Balaban J connectivity index is 2.60. The molecule has 1 atom stereocenters. The van der Waals surface area contributed by atoms with E-state index in [4.69, 9.17) is 4.42 Å². The monoisotopic (exact) mass is 181 g/mol. The van der Waals surface area contributed by atoms with E-state index >= 15 is 0 Å². The molecule has 3 nitrogen and oxygen atoms in total. The molecule has 0 fully saturated rings. The maximum atomic E-state index is 9.54. The Kier molecular flexibility index (Phi) is 3.73. The van der Waals surface area contributed by atoms with Crippen LogP contribution in [0.15, 0.2) is 28.4 Å². The SMILES string of the molecule is CNCC(O)/C(C)=C/c1ccco1. The van der Waals surface area contributed by atoms with Crippen molar-refractivity contribution in [2.45, 2.75) is 13.0 Å². The summed E-state index contributed by atoms with van der Waals surface area (Å²) < 4.78 is 5.12. The van der Waals surface area contributed by atoms with Crippen LogP contribution in [0.4, 0.5) is 0 Å². The largest absolute Gasteiger partial charge is 0.465 e. The van der Waals surface area contributed by atoms with Gasteiger partial charge >= 0.3 is 0 Å². The second-order valence-corrected chi connectivity index (χ2v) is 2.98. The lowest BCUT2D eigenvalue weighted by Gasteiger charge is -2.09. The molecule has 1 heterocycles. The first kappa shape index (κ1) is 10.0. The summed E-state index contributed by atoms with van der Waals surface area (Å²) >= 11 is 0. The number of hydrogen-bond donors (Lipinski definition) is 2. The van der Waals surface area contributed by atoms with Gasteiger partial charge in [-0.15, -0.1) is 0 Å². The van der Waals surface area contributed by atoms with E-state index < -0.39 is 6.10 Å². The van der Waals surface area contributed by atoms with Crippen LogP contribution in [-0.4, -0.2) is 24.8 Å². The molecule has 1 aromatic rings. The number of nitrogens with one attached hydrogen (secondary N) is 1. The van der Waals surface area contributed by atoms with Crippen molar-refractivity contribution < 1.29 is 9.52 Å². The van der Waals surface area contributed by atoms with E-state index in [1.807, 2.05) is 32.2 Å². The summed E-state index contributed by atoms with van der Waals surface area (Å²) in [7, 11) is 1.81. The molecule has 13 heavy (non-hydrogen) atoms. The summed E-state index contributed by atoms with van der Waals surface area (Å²) in [6.45, 7) is 2.44. The second-order valence-electron chi connectivity index (χ2n) is 2.98. The third-order valence-electron chi connectivity index (χ3n) is 1.84. The van der Waals surface area contributed by atoms with Crippen LogP contribution in [0.1, 0.15) is 12.7 Å². The van der Waals surface area contributed by atoms with Gasteiger partial charge in [-0.2, -0.15) is 0 Å². The van der Waals surface area contributed by atoms with Crippen LogP contribution < -0.4 is 5.32 Å². The molecule has 1 aromatic heterocycles. The van der Waals surface area contributed by atoms with Crippen LogP contribution in [0.2, 0.25) is 0 Å². The van der Waals surface area contributed by atoms with Crippen molar-refractivity contribution in [1.82, 2.24) is 5.32 Å². The Morgan fingerprint density at radius 2 is 2.54 bits per heavy atom. The minimum atomic E-state index is -0.449. The van der Waals surface area contributed by atoms with E-state index in [0.717, 1.165) is 11.3 Å². The number of aliphatic hydroxyl groups excluding tert-OH is 1. The van der Waals surface area contributed by atoms with Crippen LogP contribution in [0.25, 0.3) is 6.08 Å². The first-order chi connectivity index (χ1) is 6.24. The Bertz CT molecular complexity index is 264. The Hall–Kier alpha value is -1.06. The highest BCUT2D eigenvalue weighted by Gasteiger charge is 2.04. The summed E-state index contributed by atoms with van der Waals surface area (Å²) in [5, 5.41) is 12.5. The van der Waals surface area contributed by atoms with E-state index in [0.29, 0.717) is 6.54 Å². The van der Waals surface area contributed by atoms with Crippen molar-refractivity contribution in [2.75, 3.05) is 13.6 Å². The first-order valence-electron chi connectivity index (χ1n) is 4.28. The molecule has 0 amide bonds. The number of likely N-dealkylation sites (N-methyl/N-ethyl adjacent to an activating group) is 1. The fraction of sp³-hybridized carbons (Fsp3) is 0.400. The number of aliphatic hydroxyl groups is 1. The molecule has 0 aromatic carbocycles. The third-order valence-corrected chi connectivity index (χ3v) is 1.84. The van der Waals surface area contributed by atoms with Crippen molar-refractivity contribution in [1.29, 1.82) is 0 Å². The molecular formula is C10H15NO2. The number of furan rings is 1. The Labute approximate surface area is 78.1 Å². The number of hydrogen-bond acceptors (Lipinski definition) is 3. The van der Waals surface area contributed by atoms with Crippen LogP contribution in [0, 0.1) is 0 Å². The minimum Gasteiger partial charge on any atom is -0.465 e. The second kappa shape index (κ2) is 4.84. The molecular weight excluding hydrogens is 166 g/mol. The normalized spacial score (nSPS) is 14.5. The first-order valence-corrected chi connectivity index (χ1v) is 4.28. The summed E-state index contributed by atoms with van der Waals surface area (Å²) in [6.07, 6.45) is 3.00. The van der Waals surface area contributed by atoms with E-state index in [1.54, 1.807) is 6.26 Å². The maximum Gasteiger partial charge on any atom is 0.126 e. The number of rotatable bonds is 4. The van der Waals surface area contributed by atoms with Gasteiger partial charge in [-0.3, -0.25) is 0 Å². The lowest BCUT2D eigenvalue weighted by Crippen LogP contribution is -2.24. The van der Waals surface area contributed by atoms with Gasteiger partial charge in [-0.1, -0.05) is 0 Å². The summed E-state index contributed by atoms with van der Waals surface area (Å²) in [5.41, 5.74) is 0.893. The molecule has 0 spiro atoms.